The van der Waals surface area contributed by atoms with Crippen LogP contribution in [0.4, 0.5) is 13.2 Å². The maximum Gasteiger partial charge on any atom is 0.416 e. The fourth-order valence-corrected chi connectivity index (χ4v) is 3.12. The molecule has 2 aromatic heterocycles. The number of benzene rings is 1. The highest BCUT2D eigenvalue weighted by molar-refractivity contribution is 5.35. The molecular weight excluding hydrogens is 345 g/mol. The van der Waals surface area contributed by atoms with Crippen LogP contribution in [-0.2, 0) is 25.6 Å². The quantitative estimate of drug-likeness (QED) is 0.749. The minimum absolute atomic E-state index is 0.321. The van der Waals surface area contributed by atoms with Crippen LogP contribution in [0, 0.1) is 0 Å². The van der Waals surface area contributed by atoms with Gasteiger partial charge in [0.2, 0.25) is 0 Å². The first-order valence-corrected chi connectivity index (χ1v) is 8.32. The normalized spacial score (nSPS) is 17.3. The Morgan fingerprint density at radius 3 is 2.69 bits per heavy atom. The third-order valence-corrected chi connectivity index (χ3v) is 4.56. The molecule has 1 aliphatic carbocycles. The summed E-state index contributed by atoms with van der Waals surface area (Å²) < 4.78 is 39.5. The minimum Gasteiger partial charge on any atom is -0.309 e. The first-order chi connectivity index (χ1) is 12.5. The molecule has 26 heavy (non-hydrogen) atoms. The molecule has 136 valence electrons. The van der Waals surface area contributed by atoms with Gasteiger partial charge in [0.05, 0.1) is 28.8 Å². The van der Waals surface area contributed by atoms with Gasteiger partial charge in [-0.3, -0.25) is 0 Å². The Balaban J connectivity index is 1.38. The number of fused-ring (bicyclic) bond motifs is 1. The van der Waals surface area contributed by atoms with Crippen LogP contribution in [0.3, 0.4) is 0 Å². The zero-order valence-electron chi connectivity index (χ0n) is 13.8. The Morgan fingerprint density at radius 1 is 1.15 bits per heavy atom. The van der Waals surface area contributed by atoms with E-state index in [-0.39, 0.29) is 0 Å². The number of H-pyrrole nitrogens is 1. The zero-order valence-corrected chi connectivity index (χ0v) is 13.8. The SMILES string of the molecule is FC(F)(F)c1ccc(-n2cc(CNC3CCc4n[nH]nc4C3)cn2)cc1. The number of hydrogen-bond acceptors (Lipinski definition) is 4. The molecule has 0 fully saturated rings. The zero-order chi connectivity index (χ0) is 18.1. The molecule has 3 aromatic rings. The Morgan fingerprint density at radius 2 is 1.92 bits per heavy atom. The van der Waals surface area contributed by atoms with Gasteiger partial charge in [0.1, 0.15) is 0 Å². The van der Waals surface area contributed by atoms with E-state index in [1.165, 1.54) is 12.1 Å². The van der Waals surface area contributed by atoms with Gasteiger partial charge in [-0.25, -0.2) is 4.68 Å². The molecule has 2 heterocycles. The number of alkyl halides is 3. The van der Waals surface area contributed by atoms with Crippen molar-refractivity contribution in [2.24, 2.45) is 0 Å². The van der Waals surface area contributed by atoms with Crippen molar-refractivity contribution in [1.29, 1.82) is 0 Å². The van der Waals surface area contributed by atoms with Gasteiger partial charge in [-0.1, -0.05) is 0 Å². The highest BCUT2D eigenvalue weighted by atomic mass is 19.4. The molecule has 1 aliphatic rings. The second kappa shape index (κ2) is 6.56. The molecule has 0 radical (unpaired) electrons. The summed E-state index contributed by atoms with van der Waals surface area (Å²) in [7, 11) is 0. The molecule has 0 spiro atoms. The summed E-state index contributed by atoms with van der Waals surface area (Å²) in [5.74, 6) is 0. The average molecular weight is 362 g/mol. The highest BCUT2D eigenvalue weighted by Crippen LogP contribution is 2.29. The lowest BCUT2D eigenvalue weighted by atomic mass is 9.96. The van der Waals surface area contributed by atoms with Crippen LogP contribution in [0.15, 0.2) is 36.7 Å². The van der Waals surface area contributed by atoms with E-state index in [4.69, 9.17) is 0 Å². The molecule has 9 heteroatoms. The van der Waals surface area contributed by atoms with Crippen molar-refractivity contribution < 1.29 is 13.2 Å². The van der Waals surface area contributed by atoms with Crippen LogP contribution in [-0.4, -0.2) is 31.2 Å². The van der Waals surface area contributed by atoms with Crippen molar-refractivity contribution in [3.63, 3.8) is 0 Å². The molecule has 0 aliphatic heterocycles. The molecular formula is C17H17F3N6. The van der Waals surface area contributed by atoms with Gasteiger partial charge in [-0.2, -0.15) is 33.7 Å². The summed E-state index contributed by atoms with van der Waals surface area (Å²) in [4.78, 5) is 0. The van der Waals surface area contributed by atoms with Gasteiger partial charge in [0.25, 0.3) is 0 Å². The molecule has 0 saturated heterocycles. The minimum atomic E-state index is -4.33. The van der Waals surface area contributed by atoms with Crippen LogP contribution >= 0.6 is 0 Å². The second-order valence-corrected chi connectivity index (χ2v) is 6.38. The second-order valence-electron chi connectivity index (χ2n) is 6.38. The number of nitrogens with zero attached hydrogens (tertiary/aromatic N) is 4. The first-order valence-electron chi connectivity index (χ1n) is 8.32. The van der Waals surface area contributed by atoms with E-state index in [1.807, 2.05) is 6.20 Å². The maximum absolute atomic E-state index is 12.6. The van der Waals surface area contributed by atoms with Gasteiger partial charge in [-0.15, -0.1) is 0 Å². The van der Waals surface area contributed by atoms with E-state index in [2.05, 4.69) is 25.8 Å². The summed E-state index contributed by atoms with van der Waals surface area (Å²) in [6.45, 7) is 0.637. The molecule has 1 aromatic carbocycles. The summed E-state index contributed by atoms with van der Waals surface area (Å²) >= 11 is 0. The lowest BCUT2D eigenvalue weighted by Crippen LogP contribution is -2.34. The molecule has 6 nitrogen and oxygen atoms in total. The van der Waals surface area contributed by atoms with Crippen LogP contribution in [0.25, 0.3) is 5.69 Å². The van der Waals surface area contributed by atoms with Crippen LogP contribution in [0.1, 0.15) is 28.9 Å². The van der Waals surface area contributed by atoms with Crippen LogP contribution in [0.5, 0.6) is 0 Å². The Hall–Kier alpha value is -2.68. The van der Waals surface area contributed by atoms with Gasteiger partial charge in [0, 0.05) is 30.8 Å². The number of aromatic amines is 1. The van der Waals surface area contributed by atoms with Crippen LogP contribution in [0.2, 0.25) is 0 Å². The Bertz CT molecular complexity index is 881. The average Bonchev–Trinajstić information content (AvgIpc) is 3.28. The predicted octanol–water partition coefficient (Wildman–Crippen LogP) is 2.66. The van der Waals surface area contributed by atoms with Crippen molar-refractivity contribution in [2.75, 3.05) is 0 Å². The van der Waals surface area contributed by atoms with Gasteiger partial charge >= 0.3 is 6.18 Å². The molecule has 0 bridgehead atoms. The lowest BCUT2D eigenvalue weighted by Gasteiger charge is -2.21. The number of rotatable bonds is 4. The van der Waals surface area contributed by atoms with E-state index >= 15 is 0 Å². The fraction of sp³-hybridized carbons (Fsp3) is 0.353. The Kier molecular flexibility index (Phi) is 4.23. The lowest BCUT2D eigenvalue weighted by molar-refractivity contribution is -0.137. The summed E-state index contributed by atoms with van der Waals surface area (Å²) in [5, 5.41) is 18.7. The largest absolute Gasteiger partial charge is 0.416 e. The predicted molar refractivity (Wildman–Crippen MR) is 87.6 cm³/mol. The van der Waals surface area contributed by atoms with E-state index in [9.17, 15) is 13.2 Å². The number of halogens is 3. The third-order valence-electron chi connectivity index (χ3n) is 4.56. The molecule has 1 unspecified atom stereocenters. The Labute approximate surface area is 147 Å². The molecule has 1 atom stereocenters. The van der Waals surface area contributed by atoms with E-state index in [0.29, 0.717) is 18.3 Å². The molecule has 4 rings (SSSR count). The molecule has 0 saturated carbocycles. The number of aryl methyl sites for hydroxylation is 1. The molecule has 2 N–H and O–H groups in total. The van der Waals surface area contributed by atoms with Crippen molar-refractivity contribution in [3.05, 3.63) is 59.2 Å². The van der Waals surface area contributed by atoms with E-state index in [0.717, 1.165) is 48.3 Å². The van der Waals surface area contributed by atoms with E-state index < -0.39 is 11.7 Å². The number of aromatic nitrogens is 5. The van der Waals surface area contributed by atoms with E-state index in [1.54, 1.807) is 10.9 Å². The molecule has 0 amide bonds. The summed E-state index contributed by atoms with van der Waals surface area (Å²) in [5.41, 5.74) is 2.94. The number of hydrogen-bond donors (Lipinski definition) is 2. The number of nitrogens with one attached hydrogen (secondary N) is 2. The fourth-order valence-electron chi connectivity index (χ4n) is 3.12. The van der Waals surface area contributed by atoms with Crippen molar-refractivity contribution >= 4 is 0 Å². The smallest absolute Gasteiger partial charge is 0.309 e. The van der Waals surface area contributed by atoms with Crippen molar-refractivity contribution in [3.8, 4) is 5.69 Å². The highest BCUT2D eigenvalue weighted by Gasteiger charge is 2.30. The van der Waals surface area contributed by atoms with Gasteiger partial charge < -0.3 is 5.32 Å². The van der Waals surface area contributed by atoms with Crippen molar-refractivity contribution in [2.45, 2.75) is 38.0 Å². The van der Waals surface area contributed by atoms with Gasteiger partial charge in [-0.05, 0) is 37.1 Å². The standard InChI is InChI=1S/C17H17F3N6/c18-17(19,20)12-1-4-14(5-2-12)26-10-11(9-22-26)8-21-13-3-6-15-16(7-13)24-25-23-15/h1-2,4-5,9-10,13,21H,3,6-8H2,(H,23,24,25). The topological polar surface area (TPSA) is 71.4 Å². The third kappa shape index (κ3) is 3.48. The summed E-state index contributed by atoms with van der Waals surface area (Å²) in [6.07, 6.45) is 1.93. The van der Waals surface area contributed by atoms with Crippen LogP contribution < -0.4 is 5.32 Å². The van der Waals surface area contributed by atoms with Gasteiger partial charge in [0.15, 0.2) is 0 Å². The monoisotopic (exact) mass is 362 g/mol. The van der Waals surface area contributed by atoms with Crippen molar-refractivity contribution in [1.82, 2.24) is 30.5 Å². The first kappa shape index (κ1) is 16.8. The maximum atomic E-state index is 12.6. The summed E-state index contributed by atoms with van der Waals surface area (Å²) in [6, 6.07) is 5.28.